The summed E-state index contributed by atoms with van der Waals surface area (Å²) in [5.74, 6) is -1.25. The van der Waals surface area contributed by atoms with Crippen molar-refractivity contribution >= 4 is 35.2 Å². The Hall–Kier alpha value is -4.67. The lowest BCUT2D eigenvalue weighted by Crippen LogP contribution is -2.20. The zero-order valence-corrected chi connectivity index (χ0v) is 19.1. The molecule has 0 saturated carbocycles. The van der Waals surface area contributed by atoms with Crippen molar-refractivity contribution < 1.29 is 14.3 Å². The molecule has 35 heavy (non-hydrogen) atoms. The van der Waals surface area contributed by atoms with Gasteiger partial charge in [-0.3, -0.25) is 4.79 Å². The minimum absolute atomic E-state index is 0.316. The Morgan fingerprint density at radius 1 is 1.06 bits per heavy atom. The van der Waals surface area contributed by atoms with Crippen molar-refractivity contribution in [2.24, 2.45) is 0 Å². The van der Waals surface area contributed by atoms with Crippen LogP contribution in [0.25, 0.3) is 23.0 Å². The first-order chi connectivity index (χ1) is 17.0. The zero-order chi connectivity index (χ0) is 24.6. The van der Waals surface area contributed by atoms with E-state index in [4.69, 9.17) is 21.6 Å². The first-order valence-electron chi connectivity index (χ1n) is 10.6. The van der Waals surface area contributed by atoms with Gasteiger partial charge in [0.25, 0.3) is 5.91 Å². The van der Waals surface area contributed by atoms with E-state index in [0.717, 1.165) is 11.3 Å². The number of esters is 1. The lowest BCUT2D eigenvalue weighted by molar-refractivity contribution is -0.142. The summed E-state index contributed by atoms with van der Waals surface area (Å²) in [7, 11) is 0. The fourth-order valence-corrected chi connectivity index (χ4v) is 3.49. The molecule has 1 amide bonds. The second-order valence-electron chi connectivity index (χ2n) is 7.37. The summed E-state index contributed by atoms with van der Waals surface area (Å²) < 4.78 is 6.77. The smallest absolute Gasteiger partial charge is 0.331 e. The Balaban J connectivity index is 1.48. The SMILES string of the molecule is N#Cc1ccccc1NC(=O)COC(=O)C=Cc1cn(-c2ccccc2)nc1-c1cccc(Cl)c1. The Morgan fingerprint density at radius 3 is 2.60 bits per heavy atom. The van der Waals surface area contributed by atoms with Gasteiger partial charge in [-0.25, -0.2) is 9.48 Å². The Bertz CT molecular complexity index is 1440. The van der Waals surface area contributed by atoms with E-state index >= 15 is 0 Å². The van der Waals surface area contributed by atoms with E-state index in [9.17, 15) is 9.59 Å². The second-order valence-corrected chi connectivity index (χ2v) is 7.81. The fraction of sp³-hybridized carbons (Fsp3) is 0.0370. The standard InChI is InChI=1S/C27H19ClN4O3/c28-22-9-6-8-19(15-22)27-21(17-32(31-27)23-10-2-1-3-11-23)13-14-26(34)35-18-25(33)30-24-12-5-4-7-20(24)16-29/h1-15,17H,18H2,(H,30,33). The number of nitriles is 1. The van der Waals surface area contributed by atoms with E-state index in [1.165, 1.54) is 6.08 Å². The third-order valence-electron chi connectivity index (χ3n) is 4.93. The average molecular weight is 483 g/mol. The molecule has 4 aromatic rings. The van der Waals surface area contributed by atoms with Gasteiger partial charge in [0, 0.05) is 28.4 Å². The molecule has 1 N–H and O–H groups in total. The lowest BCUT2D eigenvalue weighted by Gasteiger charge is -2.06. The number of ether oxygens (including phenoxy) is 1. The van der Waals surface area contributed by atoms with Gasteiger partial charge in [0.1, 0.15) is 11.8 Å². The quantitative estimate of drug-likeness (QED) is 0.286. The largest absolute Gasteiger partial charge is 0.452 e. The molecule has 0 atom stereocenters. The van der Waals surface area contributed by atoms with E-state index < -0.39 is 18.5 Å². The first kappa shape index (κ1) is 23.5. The van der Waals surface area contributed by atoms with Crippen molar-refractivity contribution in [3.05, 3.63) is 107 Å². The van der Waals surface area contributed by atoms with Crippen LogP contribution in [-0.2, 0) is 14.3 Å². The Morgan fingerprint density at radius 2 is 1.83 bits per heavy atom. The van der Waals surface area contributed by atoms with Crippen molar-refractivity contribution in [3.8, 4) is 23.0 Å². The molecule has 0 spiro atoms. The van der Waals surface area contributed by atoms with Crippen LogP contribution in [0.4, 0.5) is 5.69 Å². The Labute approximate surface area is 206 Å². The van der Waals surface area contributed by atoms with Gasteiger partial charge < -0.3 is 10.1 Å². The van der Waals surface area contributed by atoms with Crippen LogP contribution in [0.2, 0.25) is 5.02 Å². The van der Waals surface area contributed by atoms with E-state index in [1.807, 2.05) is 48.5 Å². The highest BCUT2D eigenvalue weighted by molar-refractivity contribution is 6.30. The van der Waals surface area contributed by atoms with Crippen molar-refractivity contribution in [1.82, 2.24) is 9.78 Å². The third kappa shape index (κ3) is 6.02. The number of rotatable bonds is 7. The van der Waals surface area contributed by atoms with Gasteiger partial charge in [0.15, 0.2) is 6.61 Å². The molecule has 0 saturated heterocycles. The molecular weight excluding hydrogens is 464 g/mol. The monoisotopic (exact) mass is 482 g/mol. The van der Waals surface area contributed by atoms with Gasteiger partial charge in [0.2, 0.25) is 0 Å². The molecule has 1 heterocycles. The first-order valence-corrected chi connectivity index (χ1v) is 11.0. The van der Waals surface area contributed by atoms with Crippen molar-refractivity contribution in [3.63, 3.8) is 0 Å². The number of hydrogen-bond donors (Lipinski definition) is 1. The second kappa shape index (κ2) is 11.0. The number of halogens is 1. The third-order valence-corrected chi connectivity index (χ3v) is 5.16. The van der Waals surface area contributed by atoms with Crippen LogP contribution in [0.5, 0.6) is 0 Å². The van der Waals surface area contributed by atoms with E-state index in [1.54, 1.807) is 53.4 Å². The molecule has 0 aliphatic heterocycles. The van der Waals surface area contributed by atoms with Crippen molar-refractivity contribution in [2.75, 3.05) is 11.9 Å². The average Bonchev–Trinajstić information content (AvgIpc) is 3.31. The molecule has 3 aromatic carbocycles. The number of nitrogens with one attached hydrogen (secondary N) is 1. The van der Waals surface area contributed by atoms with Gasteiger partial charge in [-0.15, -0.1) is 0 Å². The van der Waals surface area contributed by atoms with E-state index in [0.29, 0.717) is 27.5 Å². The maximum atomic E-state index is 12.3. The number of benzene rings is 3. The molecule has 0 unspecified atom stereocenters. The fourth-order valence-electron chi connectivity index (χ4n) is 3.30. The van der Waals surface area contributed by atoms with Crippen LogP contribution in [-0.4, -0.2) is 28.3 Å². The molecule has 4 rings (SSSR count). The van der Waals surface area contributed by atoms with Crippen LogP contribution in [0, 0.1) is 11.3 Å². The molecule has 0 aliphatic rings. The number of nitrogens with zero attached hydrogens (tertiary/aromatic N) is 3. The minimum Gasteiger partial charge on any atom is -0.452 e. The van der Waals surface area contributed by atoms with Crippen LogP contribution in [0.1, 0.15) is 11.1 Å². The molecular formula is C27H19ClN4O3. The highest BCUT2D eigenvalue weighted by Gasteiger charge is 2.12. The highest BCUT2D eigenvalue weighted by Crippen LogP contribution is 2.27. The molecule has 0 fully saturated rings. The predicted octanol–water partition coefficient (Wildman–Crippen LogP) is 5.26. The summed E-state index contributed by atoms with van der Waals surface area (Å²) >= 11 is 6.16. The van der Waals surface area contributed by atoms with Gasteiger partial charge in [-0.1, -0.05) is 54.1 Å². The lowest BCUT2D eigenvalue weighted by atomic mass is 10.1. The van der Waals surface area contributed by atoms with Crippen LogP contribution < -0.4 is 5.32 Å². The van der Waals surface area contributed by atoms with E-state index in [-0.39, 0.29) is 0 Å². The van der Waals surface area contributed by atoms with Gasteiger partial charge in [-0.2, -0.15) is 10.4 Å². The molecule has 0 aliphatic carbocycles. The summed E-state index contributed by atoms with van der Waals surface area (Å²) in [6.07, 6.45) is 4.60. The molecule has 8 heteroatoms. The normalized spacial score (nSPS) is 10.6. The van der Waals surface area contributed by atoms with Gasteiger partial charge >= 0.3 is 5.97 Å². The number of amides is 1. The maximum absolute atomic E-state index is 12.3. The highest BCUT2D eigenvalue weighted by atomic mass is 35.5. The summed E-state index contributed by atoms with van der Waals surface area (Å²) in [5.41, 5.74) is 3.61. The number of carbonyl (C=O) groups excluding carboxylic acids is 2. The Kier molecular flexibility index (Phi) is 7.36. The molecule has 1 aromatic heterocycles. The topological polar surface area (TPSA) is 97.0 Å². The van der Waals surface area contributed by atoms with Crippen molar-refractivity contribution in [1.29, 1.82) is 5.26 Å². The summed E-state index contributed by atoms with van der Waals surface area (Å²) in [6, 6.07) is 25.4. The summed E-state index contributed by atoms with van der Waals surface area (Å²) in [5, 5.41) is 16.9. The summed E-state index contributed by atoms with van der Waals surface area (Å²) in [6.45, 7) is -0.493. The van der Waals surface area contributed by atoms with Crippen molar-refractivity contribution in [2.45, 2.75) is 0 Å². The molecule has 0 bridgehead atoms. The predicted molar refractivity (Wildman–Crippen MR) is 134 cm³/mol. The van der Waals surface area contributed by atoms with Gasteiger partial charge in [0.05, 0.1) is 16.9 Å². The number of hydrogen-bond acceptors (Lipinski definition) is 5. The van der Waals surface area contributed by atoms with Gasteiger partial charge in [-0.05, 0) is 42.5 Å². The van der Waals surface area contributed by atoms with Crippen LogP contribution >= 0.6 is 11.6 Å². The molecule has 0 radical (unpaired) electrons. The number of para-hydroxylation sites is 2. The van der Waals surface area contributed by atoms with Crippen LogP contribution in [0.15, 0.2) is 91.1 Å². The zero-order valence-electron chi connectivity index (χ0n) is 18.4. The molecule has 7 nitrogen and oxygen atoms in total. The number of carbonyl (C=O) groups is 2. The number of anilines is 1. The summed E-state index contributed by atoms with van der Waals surface area (Å²) in [4.78, 5) is 24.4. The maximum Gasteiger partial charge on any atom is 0.331 e. The molecule has 172 valence electrons. The van der Waals surface area contributed by atoms with Crippen LogP contribution in [0.3, 0.4) is 0 Å². The van der Waals surface area contributed by atoms with E-state index in [2.05, 4.69) is 10.4 Å². The minimum atomic E-state index is -0.696. The number of aromatic nitrogens is 2.